The van der Waals surface area contributed by atoms with Crippen LogP contribution in [-0.2, 0) is 0 Å². The Bertz CT molecular complexity index is 547. The first-order valence-electron chi connectivity index (χ1n) is 6.49. The molecule has 1 aliphatic heterocycles. The Kier molecular flexibility index (Phi) is 4.18. The van der Waals surface area contributed by atoms with Crippen molar-refractivity contribution >= 4 is 29.3 Å². The molecule has 0 bridgehead atoms. The quantitative estimate of drug-likeness (QED) is 0.879. The molecule has 0 aromatic heterocycles. The second-order valence-corrected chi connectivity index (χ2v) is 5.68. The number of anilines is 1. The summed E-state index contributed by atoms with van der Waals surface area (Å²) in [6.07, 6.45) is 0.992. The van der Waals surface area contributed by atoms with Crippen LogP contribution >= 0.6 is 11.6 Å². The number of hydrogen-bond acceptors (Lipinski definition) is 2. The lowest BCUT2D eigenvalue weighted by Crippen LogP contribution is -2.37. The van der Waals surface area contributed by atoms with Gasteiger partial charge in [0.2, 0.25) is 0 Å². The molecule has 1 fully saturated rings. The molecule has 0 spiro atoms. The van der Waals surface area contributed by atoms with E-state index < -0.39 is 5.97 Å². The van der Waals surface area contributed by atoms with Crippen LogP contribution in [0.4, 0.5) is 10.5 Å². The summed E-state index contributed by atoms with van der Waals surface area (Å²) in [6.45, 7) is 4.86. The predicted molar refractivity (Wildman–Crippen MR) is 77.4 cm³/mol. The summed E-state index contributed by atoms with van der Waals surface area (Å²) in [6, 6.07) is 4.40. The maximum absolute atomic E-state index is 12.2. The van der Waals surface area contributed by atoms with Gasteiger partial charge in [0.15, 0.2) is 0 Å². The van der Waals surface area contributed by atoms with Gasteiger partial charge in [-0.3, -0.25) is 0 Å². The van der Waals surface area contributed by atoms with Crippen molar-refractivity contribution in [2.45, 2.75) is 26.3 Å². The van der Waals surface area contributed by atoms with Gasteiger partial charge in [-0.1, -0.05) is 18.5 Å². The minimum atomic E-state index is -1.09. The molecule has 0 aliphatic carbocycles. The third kappa shape index (κ3) is 3.04. The lowest BCUT2D eigenvalue weighted by atomic mass is 10.1. The zero-order valence-electron chi connectivity index (χ0n) is 11.4. The highest BCUT2D eigenvalue weighted by atomic mass is 35.5. The van der Waals surface area contributed by atoms with Gasteiger partial charge >= 0.3 is 12.0 Å². The topological polar surface area (TPSA) is 69.6 Å². The van der Waals surface area contributed by atoms with Crippen molar-refractivity contribution in [1.29, 1.82) is 0 Å². The van der Waals surface area contributed by atoms with Gasteiger partial charge in [-0.2, -0.15) is 0 Å². The molecule has 2 N–H and O–H groups in total. The van der Waals surface area contributed by atoms with Crippen molar-refractivity contribution < 1.29 is 14.7 Å². The Morgan fingerprint density at radius 1 is 1.40 bits per heavy atom. The Hall–Kier alpha value is -1.75. The highest BCUT2D eigenvalue weighted by Crippen LogP contribution is 2.25. The van der Waals surface area contributed by atoms with E-state index >= 15 is 0 Å². The van der Waals surface area contributed by atoms with Crippen LogP contribution in [0.25, 0.3) is 0 Å². The number of aromatic carboxylic acids is 1. The summed E-state index contributed by atoms with van der Waals surface area (Å²) in [5.74, 6) is -0.594. The van der Waals surface area contributed by atoms with Crippen molar-refractivity contribution in [1.82, 2.24) is 4.90 Å². The molecule has 1 aromatic carbocycles. The van der Waals surface area contributed by atoms with E-state index in [0.29, 0.717) is 11.6 Å². The number of halogens is 1. The lowest BCUT2D eigenvalue weighted by Gasteiger charge is -2.22. The number of nitrogens with zero attached hydrogens (tertiary/aromatic N) is 1. The van der Waals surface area contributed by atoms with Crippen LogP contribution in [0.3, 0.4) is 0 Å². The SMILES string of the molecule is CC1CC(C)N(C(=O)Nc2ccc(C(=O)O)c(Cl)c2)C1. The van der Waals surface area contributed by atoms with E-state index in [9.17, 15) is 9.59 Å². The van der Waals surface area contributed by atoms with Gasteiger partial charge in [0, 0.05) is 18.3 Å². The Labute approximate surface area is 122 Å². The second kappa shape index (κ2) is 5.71. The molecule has 6 heteroatoms. The molecule has 1 aliphatic rings. The molecule has 1 aromatic rings. The van der Waals surface area contributed by atoms with Gasteiger partial charge in [0.1, 0.15) is 0 Å². The Balaban J connectivity index is 2.09. The fourth-order valence-electron chi connectivity index (χ4n) is 2.54. The van der Waals surface area contributed by atoms with E-state index in [0.717, 1.165) is 13.0 Å². The first kappa shape index (κ1) is 14.7. The third-order valence-electron chi connectivity index (χ3n) is 3.50. The van der Waals surface area contributed by atoms with Crippen LogP contribution in [0.15, 0.2) is 18.2 Å². The van der Waals surface area contributed by atoms with E-state index in [4.69, 9.17) is 16.7 Å². The second-order valence-electron chi connectivity index (χ2n) is 5.27. The lowest BCUT2D eigenvalue weighted by molar-refractivity contribution is 0.0697. The fourth-order valence-corrected chi connectivity index (χ4v) is 2.81. The van der Waals surface area contributed by atoms with E-state index in [-0.39, 0.29) is 22.7 Å². The van der Waals surface area contributed by atoms with Crippen LogP contribution in [0.5, 0.6) is 0 Å². The number of hydrogen-bond donors (Lipinski definition) is 2. The van der Waals surface area contributed by atoms with E-state index in [2.05, 4.69) is 12.2 Å². The number of rotatable bonds is 2. The predicted octanol–water partition coefficient (Wildman–Crippen LogP) is 3.30. The molecule has 2 unspecified atom stereocenters. The average Bonchev–Trinajstić information content (AvgIpc) is 2.68. The molecule has 2 amide bonds. The van der Waals surface area contributed by atoms with Crippen LogP contribution in [0, 0.1) is 5.92 Å². The van der Waals surface area contributed by atoms with Gasteiger partial charge in [-0.05, 0) is 37.5 Å². The molecule has 20 heavy (non-hydrogen) atoms. The fraction of sp³-hybridized carbons (Fsp3) is 0.429. The van der Waals surface area contributed by atoms with Crippen LogP contribution in [0.2, 0.25) is 5.02 Å². The zero-order valence-corrected chi connectivity index (χ0v) is 12.1. The first-order valence-corrected chi connectivity index (χ1v) is 6.86. The van der Waals surface area contributed by atoms with Crippen LogP contribution < -0.4 is 5.32 Å². The number of likely N-dealkylation sites (tertiary alicyclic amines) is 1. The number of urea groups is 1. The van der Waals surface area contributed by atoms with Crippen molar-refractivity contribution in [2.75, 3.05) is 11.9 Å². The standard InChI is InChI=1S/C14H17ClN2O3/c1-8-5-9(2)17(7-8)14(20)16-10-3-4-11(13(18)19)12(15)6-10/h3-4,6,8-9H,5,7H2,1-2H3,(H,16,20)(H,18,19). The minimum Gasteiger partial charge on any atom is -0.478 e. The number of nitrogens with one attached hydrogen (secondary N) is 1. The molecule has 1 heterocycles. The van der Waals surface area contributed by atoms with Gasteiger partial charge in [0.25, 0.3) is 0 Å². The molecule has 2 rings (SSSR count). The molecule has 0 radical (unpaired) electrons. The van der Waals surface area contributed by atoms with E-state index in [1.807, 2.05) is 6.92 Å². The van der Waals surface area contributed by atoms with E-state index in [1.165, 1.54) is 18.2 Å². The minimum absolute atomic E-state index is 0.0211. The van der Waals surface area contributed by atoms with Crippen molar-refractivity contribution in [3.8, 4) is 0 Å². The molecule has 1 saturated heterocycles. The Morgan fingerprint density at radius 2 is 2.10 bits per heavy atom. The summed E-state index contributed by atoms with van der Waals surface area (Å²) in [5, 5.41) is 11.8. The van der Waals surface area contributed by atoms with Gasteiger partial charge < -0.3 is 15.3 Å². The van der Waals surface area contributed by atoms with Crippen LogP contribution in [0.1, 0.15) is 30.6 Å². The number of carboxylic acid groups (broad SMARTS) is 1. The first-order chi connectivity index (χ1) is 9.38. The summed E-state index contributed by atoms with van der Waals surface area (Å²) in [7, 11) is 0. The highest BCUT2D eigenvalue weighted by Gasteiger charge is 2.29. The summed E-state index contributed by atoms with van der Waals surface area (Å²) in [5.41, 5.74) is 0.518. The van der Waals surface area contributed by atoms with Crippen molar-refractivity contribution in [2.24, 2.45) is 5.92 Å². The third-order valence-corrected chi connectivity index (χ3v) is 3.81. The van der Waals surface area contributed by atoms with Gasteiger partial charge in [-0.15, -0.1) is 0 Å². The number of carbonyl (C=O) groups is 2. The maximum Gasteiger partial charge on any atom is 0.337 e. The highest BCUT2D eigenvalue weighted by molar-refractivity contribution is 6.33. The van der Waals surface area contributed by atoms with Crippen molar-refractivity contribution in [3.63, 3.8) is 0 Å². The average molecular weight is 297 g/mol. The molecule has 5 nitrogen and oxygen atoms in total. The van der Waals surface area contributed by atoms with Gasteiger partial charge in [-0.25, -0.2) is 9.59 Å². The van der Waals surface area contributed by atoms with Crippen LogP contribution in [-0.4, -0.2) is 34.6 Å². The summed E-state index contributed by atoms with van der Waals surface area (Å²) < 4.78 is 0. The molecule has 0 saturated carbocycles. The molecular weight excluding hydrogens is 280 g/mol. The van der Waals surface area contributed by atoms with Gasteiger partial charge in [0.05, 0.1) is 10.6 Å². The Morgan fingerprint density at radius 3 is 2.60 bits per heavy atom. The number of amides is 2. The monoisotopic (exact) mass is 296 g/mol. The maximum atomic E-state index is 12.2. The molecule has 108 valence electrons. The normalized spacial score (nSPS) is 21.9. The zero-order chi connectivity index (χ0) is 14.9. The van der Waals surface area contributed by atoms with E-state index in [1.54, 1.807) is 4.90 Å². The number of carboxylic acids is 1. The molecule has 2 atom stereocenters. The summed E-state index contributed by atoms with van der Waals surface area (Å²) in [4.78, 5) is 24.8. The van der Waals surface area contributed by atoms with Crippen molar-refractivity contribution in [3.05, 3.63) is 28.8 Å². The smallest absolute Gasteiger partial charge is 0.337 e. The number of benzene rings is 1. The summed E-state index contributed by atoms with van der Waals surface area (Å²) >= 11 is 5.87. The molecular formula is C14H17ClN2O3. The number of carbonyl (C=O) groups excluding carboxylic acids is 1. The largest absolute Gasteiger partial charge is 0.478 e.